The van der Waals surface area contributed by atoms with Crippen molar-refractivity contribution in [1.29, 1.82) is 0 Å². The van der Waals surface area contributed by atoms with E-state index < -0.39 is 6.10 Å². The van der Waals surface area contributed by atoms with E-state index in [1.807, 2.05) is 38.4 Å². The number of rotatable bonds is 7. The molecule has 2 aromatic carbocycles. The Balaban J connectivity index is 1.98. The van der Waals surface area contributed by atoms with Crippen LogP contribution in [0.4, 0.5) is 5.69 Å². The van der Waals surface area contributed by atoms with Crippen LogP contribution < -0.4 is 10.1 Å². The van der Waals surface area contributed by atoms with Crippen LogP contribution in [0.3, 0.4) is 0 Å². The zero-order chi connectivity index (χ0) is 17.5. The van der Waals surface area contributed by atoms with Gasteiger partial charge in [-0.1, -0.05) is 24.3 Å². The molecule has 1 atom stereocenters. The third-order valence-corrected chi connectivity index (χ3v) is 3.46. The van der Waals surface area contributed by atoms with Gasteiger partial charge in [0.1, 0.15) is 5.75 Å². The highest BCUT2D eigenvalue weighted by atomic mass is 16.5. The van der Waals surface area contributed by atoms with Crippen LogP contribution >= 0.6 is 0 Å². The minimum atomic E-state index is -0.642. The molecule has 1 unspecified atom stereocenters. The summed E-state index contributed by atoms with van der Waals surface area (Å²) in [6.07, 6.45) is -0.642. The van der Waals surface area contributed by atoms with Crippen molar-refractivity contribution in [2.24, 2.45) is 0 Å². The Morgan fingerprint density at radius 3 is 2.58 bits per heavy atom. The first kappa shape index (κ1) is 18.0. The minimum absolute atomic E-state index is 0.0591. The molecule has 24 heavy (non-hydrogen) atoms. The monoisotopic (exact) mass is 328 g/mol. The molecule has 5 heteroatoms. The van der Waals surface area contributed by atoms with E-state index in [-0.39, 0.29) is 12.5 Å². The zero-order valence-corrected chi connectivity index (χ0v) is 14.3. The largest absolute Gasteiger partial charge is 0.481 e. The molecule has 0 aliphatic heterocycles. The van der Waals surface area contributed by atoms with Crippen molar-refractivity contribution in [3.05, 3.63) is 59.7 Å². The lowest BCUT2D eigenvalue weighted by Crippen LogP contribution is -2.30. The molecule has 2 rings (SSSR count). The molecule has 0 heterocycles. The maximum absolute atomic E-state index is 12.3. The molecular weight excluding hydrogens is 304 g/mol. The third-order valence-electron chi connectivity index (χ3n) is 3.46. The summed E-state index contributed by atoms with van der Waals surface area (Å²) in [7, 11) is 4.00. The van der Waals surface area contributed by atoms with Gasteiger partial charge in [-0.2, -0.15) is 0 Å². The van der Waals surface area contributed by atoms with E-state index in [2.05, 4.69) is 10.2 Å². The summed E-state index contributed by atoms with van der Waals surface area (Å²) in [5, 5.41) is 12.0. The lowest BCUT2D eigenvalue weighted by Gasteiger charge is -2.16. The van der Waals surface area contributed by atoms with Crippen molar-refractivity contribution in [3.8, 4) is 5.75 Å². The smallest absolute Gasteiger partial charge is 0.265 e. The average molecular weight is 328 g/mol. The summed E-state index contributed by atoms with van der Waals surface area (Å²) in [6, 6.07) is 14.8. The predicted octanol–water partition coefficient (Wildman–Crippen LogP) is 2.65. The van der Waals surface area contributed by atoms with Gasteiger partial charge in [-0.3, -0.25) is 4.79 Å². The standard InChI is InChI=1S/C19H24N2O3/c1-14(24-18-9-5-7-16(11-18)13-22)19(23)20-17-8-4-6-15(10-17)12-21(2)3/h4-11,14,22H,12-13H2,1-3H3,(H,20,23). The first-order chi connectivity index (χ1) is 11.5. The molecule has 0 aromatic heterocycles. The summed E-state index contributed by atoms with van der Waals surface area (Å²) in [5.41, 5.74) is 2.62. The fraction of sp³-hybridized carbons (Fsp3) is 0.316. The molecule has 0 bridgehead atoms. The van der Waals surface area contributed by atoms with E-state index in [1.165, 1.54) is 0 Å². The summed E-state index contributed by atoms with van der Waals surface area (Å²) in [5.74, 6) is 0.344. The number of carbonyl (C=O) groups is 1. The van der Waals surface area contributed by atoms with E-state index in [4.69, 9.17) is 9.84 Å². The average Bonchev–Trinajstić information content (AvgIpc) is 2.54. The third kappa shape index (κ3) is 5.37. The Labute approximate surface area is 142 Å². The number of nitrogens with zero attached hydrogens (tertiary/aromatic N) is 1. The van der Waals surface area contributed by atoms with Crippen molar-refractivity contribution in [2.75, 3.05) is 19.4 Å². The number of anilines is 1. The second-order valence-corrected chi connectivity index (χ2v) is 5.99. The van der Waals surface area contributed by atoms with Crippen molar-refractivity contribution < 1.29 is 14.6 Å². The molecule has 0 aliphatic carbocycles. The van der Waals surface area contributed by atoms with Crippen molar-refractivity contribution >= 4 is 11.6 Å². The molecule has 0 saturated carbocycles. The molecule has 2 aromatic rings. The van der Waals surface area contributed by atoms with E-state index in [0.717, 1.165) is 23.4 Å². The Kier molecular flexibility index (Phi) is 6.35. The van der Waals surface area contributed by atoms with E-state index >= 15 is 0 Å². The highest BCUT2D eigenvalue weighted by Gasteiger charge is 2.15. The molecule has 5 nitrogen and oxygen atoms in total. The highest BCUT2D eigenvalue weighted by Crippen LogP contribution is 2.16. The van der Waals surface area contributed by atoms with Gasteiger partial charge in [0, 0.05) is 12.2 Å². The molecule has 0 radical (unpaired) electrons. The molecule has 2 N–H and O–H groups in total. The fourth-order valence-electron chi connectivity index (χ4n) is 2.33. The van der Waals surface area contributed by atoms with Crippen molar-refractivity contribution in [3.63, 3.8) is 0 Å². The number of benzene rings is 2. The number of aliphatic hydroxyl groups excluding tert-OH is 1. The molecule has 0 aliphatic rings. The van der Waals surface area contributed by atoms with Gasteiger partial charge in [-0.25, -0.2) is 0 Å². The maximum atomic E-state index is 12.3. The van der Waals surface area contributed by atoms with Crippen LogP contribution in [0.1, 0.15) is 18.1 Å². The summed E-state index contributed by atoms with van der Waals surface area (Å²) >= 11 is 0. The lowest BCUT2D eigenvalue weighted by molar-refractivity contribution is -0.122. The number of aliphatic hydroxyl groups is 1. The number of hydrogen-bond donors (Lipinski definition) is 2. The van der Waals surface area contributed by atoms with E-state index in [0.29, 0.717) is 5.75 Å². The van der Waals surface area contributed by atoms with Gasteiger partial charge in [-0.05, 0) is 56.4 Å². The Bertz CT molecular complexity index is 686. The van der Waals surface area contributed by atoms with Crippen LogP contribution in [0.5, 0.6) is 5.75 Å². The van der Waals surface area contributed by atoms with Gasteiger partial charge in [-0.15, -0.1) is 0 Å². The van der Waals surface area contributed by atoms with Crippen LogP contribution in [-0.2, 0) is 17.9 Å². The SMILES string of the molecule is CC(Oc1cccc(CO)c1)C(=O)Nc1cccc(CN(C)C)c1. The first-order valence-electron chi connectivity index (χ1n) is 7.89. The number of amides is 1. The molecule has 0 saturated heterocycles. The Morgan fingerprint density at radius 2 is 1.88 bits per heavy atom. The van der Waals surface area contributed by atoms with E-state index in [1.54, 1.807) is 31.2 Å². The van der Waals surface area contributed by atoms with Gasteiger partial charge in [0.15, 0.2) is 6.10 Å². The summed E-state index contributed by atoms with van der Waals surface area (Å²) < 4.78 is 5.65. The Hall–Kier alpha value is -2.37. The number of nitrogens with one attached hydrogen (secondary N) is 1. The highest BCUT2D eigenvalue weighted by molar-refractivity contribution is 5.94. The molecular formula is C19H24N2O3. The predicted molar refractivity (Wildman–Crippen MR) is 94.9 cm³/mol. The van der Waals surface area contributed by atoms with Crippen LogP contribution in [0, 0.1) is 0 Å². The quantitative estimate of drug-likeness (QED) is 0.820. The normalized spacial score (nSPS) is 12.0. The van der Waals surface area contributed by atoms with Crippen molar-refractivity contribution in [1.82, 2.24) is 4.90 Å². The zero-order valence-electron chi connectivity index (χ0n) is 14.3. The van der Waals surface area contributed by atoms with Gasteiger partial charge >= 0.3 is 0 Å². The summed E-state index contributed by atoms with van der Waals surface area (Å²) in [4.78, 5) is 14.4. The van der Waals surface area contributed by atoms with Gasteiger partial charge in [0.2, 0.25) is 0 Å². The minimum Gasteiger partial charge on any atom is -0.481 e. The molecule has 1 amide bonds. The summed E-state index contributed by atoms with van der Waals surface area (Å²) in [6.45, 7) is 2.45. The van der Waals surface area contributed by atoms with Gasteiger partial charge < -0.3 is 20.1 Å². The molecule has 0 fully saturated rings. The molecule has 0 spiro atoms. The second-order valence-electron chi connectivity index (χ2n) is 5.99. The number of ether oxygens (including phenoxy) is 1. The lowest BCUT2D eigenvalue weighted by atomic mass is 10.2. The van der Waals surface area contributed by atoms with Crippen LogP contribution in [-0.4, -0.2) is 36.1 Å². The van der Waals surface area contributed by atoms with Gasteiger partial charge in [0.25, 0.3) is 5.91 Å². The van der Waals surface area contributed by atoms with Gasteiger partial charge in [0.05, 0.1) is 6.61 Å². The topological polar surface area (TPSA) is 61.8 Å². The maximum Gasteiger partial charge on any atom is 0.265 e. The fourth-order valence-corrected chi connectivity index (χ4v) is 2.33. The Morgan fingerprint density at radius 1 is 1.17 bits per heavy atom. The first-order valence-corrected chi connectivity index (χ1v) is 7.89. The number of hydrogen-bond acceptors (Lipinski definition) is 4. The van der Waals surface area contributed by atoms with E-state index in [9.17, 15) is 4.79 Å². The van der Waals surface area contributed by atoms with Crippen LogP contribution in [0.25, 0.3) is 0 Å². The number of carbonyl (C=O) groups excluding carboxylic acids is 1. The van der Waals surface area contributed by atoms with Crippen LogP contribution in [0.2, 0.25) is 0 Å². The van der Waals surface area contributed by atoms with Crippen LogP contribution in [0.15, 0.2) is 48.5 Å². The second kappa shape index (κ2) is 8.47. The van der Waals surface area contributed by atoms with Crippen molar-refractivity contribution in [2.45, 2.75) is 26.2 Å². The molecule has 128 valence electrons.